The molecule has 0 saturated carbocycles. The van der Waals surface area contributed by atoms with E-state index in [2.05, 4.69) is 205 Å². The van der Waals surface area contributed by atoms with Crippen LogP contribution in [0, 0.1) is 0 Å². The van der Waals surface area contributed by atoms with Crippen molar-refractivity contribution in [1.29, 1.82) is 0 Å². The molecule has 0 fully saturated rings. The first kappa shape index (κ1) is 30.8. The maximum absolute atomic E-state index is 2.41. The van der Waals surface area contributed by atoms with Crippen molar-refractivity contribution in [1.82, 2.24) is 0 Å². The van der Waals surface area contributed by atoms with Gasteiger partial charge in [-0.25, -0.2) is 0 Å². The van der Waals surface area contributed by atoms with Gasteiger partial charge in [0.1, 0.15) is 0 Å². The average molecular weight is 704 g/mol. The fraction of sp³-hybridized carbons (Fsp3) is 0. The Bertz CT molecular complexity index is 3190. The van der Waals surface area contributed by atoms with Crippen molar-refractivity contribution in [3.8, 4) is 22.3 Å². The molecule has 1 aromatic heterocycles. The van der Waals surface area contributed by atoms with Gasteiger partial charge in [-0.3, -0.25) is 0 Å². The van der Waals surface area contributed by atoms with Crippen LogP contribution in [0.25, 0.3) is 85.5 Å². The van der Waals surface area contributed by atoms with Crippen LogP contribution in [0.5, 0.6) is 0 Å². The van der Waals surface area contributed by atoms with Crippen molar-refractivity contribution in [3.05, 3.63) is 200 Å². The van der Waals surface area contributed by atoms with E-state index in [1.807, 2.05) is 11.3 Å². The topological polar surface area (TPSA) is 3.24 Å². The minimum Gasteiger partial charge on any atom is -0.310 e. The van der Waals surface area contributed by atoms with Gasteiger partial charge in [0.2, 0.25) is 0 Å². The molecule has 0 atom stereocenters. The van der Waals surface area contributed by atoms with Gasteiger partial charge >= 0.3 is 0 Å². The minimum atomic E-state index is 1.12. The molecule has 0 radical (unpaired) electrons. The Labute approximate surface area is 317 Å². The standard InChI is InChI=1S/C52H33NS/c1-2-15-41-35(11-1)12-10-21-42(41)37-13-9-14-39(31-37)53(40-28-30-52-50(33-40)48-20-7-8-22-51(48)54-52)38-26-23-34(24-27-38)36-25-29-47-45-18-4-3-16-43(45)44-17-5-6-19-46(44)49(47)32-36/h1-33H. The first-order valence-electron chi connectivity index (χ1n) is 18.5. The molecule has 1 nitrogen and oxygen atoms in total. The monoisotopic (exact) mass is 703 g/mol. The summed E-state index contributed by atoms with van der Waals surface area (Å²) in [5, 5.41) is 12.9. The van der Waals surface area contributed by atoms with E-state index in [1.165, 1.54) is 85.5 Å². The van der Waals surface area contributed by atoms with E-state index < -0.39 is 0 Å². The fourth-order valence-corrected chi connectivity index (χ4v) is 9.57. The van der Waals surface area contributed by atoms with E-state index in [-0.39, 0.29) is 0 Å². The van der Waals surface area contributed by atoms with Crippen molar-refractivity contribution in [2.24, 2.45) is 0 Å². The second kappa shape index (κ2) is 12.4. The van der Waals surface area contributed by atoms with Crippen LogP contribution in [0.1, 0.15) is 0 Å². The summed E-state index contributed by atoms with van der Waals surface area (Å²) in [6, 6.07) is 73.5. The van der Waals surface area contributed by atoms with Crippen LogP contribution in [0.3, 0.4) is 0 Å². The van der Waals surface area contributed by atoms with E-state index in [4.69, 9.17) is 0 Å². The molecule has 0 bridgehead atoms. The largest absolute Gasteiger partial charge is 0.310 e. The molecule has 0 amide bonds. The number of hydrogen-bond acceptors (Lipinski definition) is 2. The summed E-state index contributed by atoms with van der Waals surface area (Å²) in [4.78, 5) is 2.41. The van der Waals surface area contributed by atoms with Crippen LogP contribution in [0.15, 0.2) is 200 Å². The van der Waals surface area contributed by atoms with Crippen molar-refractivity contribution in [2.75, 3.05) is 4.90 Å². The van der Waals surface area contributed by atoms with E-state index in [9.17, 15) is 0 Å². The lowest BCUT2D eigenvalue weighted by molar-refractivity contribution is 1.29. The van der Waals surface area contributed by atoms with E-state index in [1.54, 1.807) is 0 Å². The first-order valence-corrected chi connectivity index (χ1v) is 19.3. The molecule has 1 heterocycles. The molecule has 0 N–H and O–H groups in total. The maximum Gasteiger partial charge on any atom is 0.0468 e. The van der Waals surface area contributed by atoms with Crippen molar-refractivity contribution in [3.63, 3.8) is 0 Å². The molecule has 0 unspecified atom stereocenters. The van der Waals surface area contributed by atoms with Gasteiger partial charge in [-0.15, -0.1) is 11.3 Å². The quantitative estimate of drug-likeness (QED) is 0.161. The molecule has 11 aromatic rings. The molecule has 2 heteroatoms. The number of thiophene rings is 1. The maximum atomic E-state index is 2.41. The Morgan fingerprint density at radius 2 is 0.833 bits per heavy atom. The third-order valence-electron chi connectivity index (χ3n) is 11.0. The van der Waals surface area contributed by atoms with Crippen LogP contribution in [-0.4, -0.2) is 0 Å². The number of nitrogens with zero attached hydrogens (tertiary/aromatic N) is 1. The first-order chi connectivity index (χ1) is 26.8. The predicted molar refractivity (Wildman–Crippen MR) is 235 cm³/mol. The average Bonchev–Trinajstić information content (AvgIpc) is 3.62. The lowest BCUT2D eigenvalue weighted by Gasteiger charge is -2.26. The highest BCUT2D eigenvalue weighted by Gasteiger charge is 2.17. The Morgan fingerprint density at radius 1 is 0.278 bits per heavy atom. The van der Waals surface area contributed by atoms with E-state index in [0.717, 1.165) is 17.1 Å². The molecule has 0 aliphatic carbocycles. The highest BCUT2D eigenvalue weighted by atomic mass is 32.1. The summed E-state index contributed by atoms with van der Waals surface area (Å²) in [6.45, 7) is 0. The van der Waals surface area contributed by atoms with Crippen LogP contribution in [-0.2, 0) is 0 Å². The summed E-state index contributed by atoms with van der Waals surface area (Å²) in [5.41, 5.74) is 8.22. The fourth-order valence-electron chi connectivity index (χ4n) is 8.48. The van der Waals surface area contributed by atoms with Crippen LogP contribution < -0.4 is 4.90 Å². The van der Waals surface area contributed by atoms with Gasteiger partial charge in [-0.05, 0) is 120 Å². The molecule has 10 aromatic carbocycles. The van der Waals surface area contributed by atoms with Gasteiger partial charge in [0, 0.05) is 37.2 Å². The Hall–Kier alpha value is -6.74. The second-order valence-electron chi connectivity index (χ2n) is 14.1. The van der Waals surface area contributed by atoms with Gasteiger partial charge in [-0.1, -0.05) is 146 Å². The van der Waals surface area contributed by atoms with Crippen molar-refractivity contribution < 1.29 is 0 Å². The summed E-state index contributed by atoms with van der Waals surface area (Å²) in [7, 11) is 0. The number of rotatable bonds is 5. The normalized spacial score (nSPS) is 11.7. The molecular weight excluding hydrogens is 671 g/mol. The lowest BCUT2D eigenvalue weighted by Crippen LogP contribution is -2.10. The molecule has 252 valence electrons. The number of fused-ring (bicyclic) bond motifs is 10. The Morgan fingerprint density at radius 3 is 1.61 bits per heavy atom. The van der Waals surface area contributed by atoms with Crippen molar-refractivity contribution in [2.45, 2.75) is 0 Å². The van der Waals surface area contributed by atoms with Crippen LogP contribution in [0.4, 0.5) is 17.1 Å². The molecule has 54 heavy (non-hydrogen) atoms. The number of benzene rings is 10. The van der Waals surface area contributed by atoms with Gasteiger partial charge < -0.3 is 4.90 Å². The molecule has 0 saturated heterocycles. The number of hydrogen-bond donors (Lipinski definition) is 0. The van der Waals surface area contributed by atoms with Gasteiger partial charge in [0.05, 0.1) is 0 Å². The highest BCUT2D eigenvalue weighted by Crippen LogP contribution is 2.43. The second-order valence-corrected chi connectivity index (χ2v) is 15.2. The summed E-state index contributed by atoms with van der Waals surface area (Å²) in [5.74, 6) is 0. The minimum absolute atomic E-state index is 1.12. The van der Waals surface area contributed by atoms with Gasteiger partial charge in [-0.2, -0.15) is 0 Å². The molecular formula is C52H33NS. The van der Waals surface area contributed by atoms with Crippen LogP contribution >= 0.6 is 11.3 Å². The summed E-state index contributed by atoms with van der Waals surface area (Å²) < 4.78 is 2.62. The predicted octanol–water partition coefficient (Wildman–Crippen LogP) is 15.5. The van der Waals surface area contributed by atoms with Crippen LogP contribution in [0.2, 0.25) is 0 Å². The summed E-state index contributed by atoms with van der Waals surface area (Å²) >= 11 is 1.86. The Kier molecular flexibility index (Phi) is 7.11. The summed E-state index contributed by atoms with van der Waals surface area (Å²) in [6.07, 6.45) is 0. The van der Waals surface area contributed by atoms with E-state index in [0.29, 0.717) is 0 Å². The number of anilines is 3. The third kappa shape index (κ3) is 4.99. The van der Waals surface area contributed by atoms with Gasteiger partial charge in [0.25, 0.3) is 0 Å². The van der Waals surface area contributed by atoms with Gasteiger partial charge in [0.15, 0.2) is 0 Å². The van der Waals surface area contributed by atoms with E-state index >= 15 is 0 Å². The molecule has 0 aliphatic heterocycles. The molecule has 0 aliphatic rings. The smallest absolute Gasteiger partial charge is 0.0468 e. The molecule has 0 spiro atoms. The lowest BCUT2D eigenvalue weighted by atomic mass is 9.92. The van der Waals surface area contributed by atoms with Crippen molar-refractivity contribution >= 4 is 91.7 Å². The third-order valence-corrected chi connectivity index (χ3v) is 12.2. The zero-order valence-electron chi connectivity index (χ0n) is 29.4. The highest BCUT2D eigenvalue weighted by molar-refractivity contribution is 7.25. The Balaban J connectivity index is 1.06. The SMILES string of the molecule is c1cc(-c2cccc3ccccc23)cc(N(c2ccc(-c3ccc4c5ccccc5c5ccccc5c4c3)cc2)c2ccc3sc4ccccc4c3c2)c1. The zero-order chi connectivity index (χ0) is 35.6. The zero-order valence-corrected chi connectivity index (χ0v) is 30.2. The molecule has 11 rings (SSSR count).